The van der Waals surface area contributed by atoms with Crippen molar-refractivity contribution >= 4 is 33.2 Å². The molecule has 0 radical (unpaired) electrons. The van der Waals surface area contributed by atoms with Crippen molar-refractivity contribution in [2.45, 2.75) is 5.25 Å². The summed E-state index contributed by atoms with van der Waals surface area (Å²) in [7, 11) is 3.81. The first kappa shape index (κ1) is 9.50. The second-order valence-corrected chi connectivity index (χ2v) is 5.77. The van der Waals surface area contributed by atoms with Crippen LogP contribution >= 0.6 is 33.2 Å². The molecule has 0 bridgehead atoms. The lowest BCUT2D eigenvalue weighted by Crippen LogP contribution is -1.91. The zero-order valence-electron chi connectivity index (χ0n) is 6.94. The Kier molecular flexibility index (Phi) is 3.25. The summed E-state index contributed by atoms with van der Waals surface area (Å²) in [5.74, 6) is 1.12. The molecule has 0 N–H and O–H groups in total. The topological polar surface area (TPSA) is 0 Å². The van der Waals surface area contributed by atoms with Gasteiger partial charge in [-0.25, -0.2) is 0 Å². The third-order valence-corrected chi connectivity index (χ3v) is 4.64. The van der Waals surface area contributed by atoms with E-state index in [4.69, 9.17) is 11.6 Å². The number of benzene rings is 1. The molecule has 0 amide bonds. The molecule has 0 fully saturated rings. The Balaban J connectivity index is 2.19. The Morgan fingerprint density at radius 3 is 2.62 bits per heavy atom. The van der Waals surface area contributed by atoms with Gasteiger partial charge >= 0.3 is 0 Å². The Morgan fingerprint density at radius 2 is 2.00 bits per heavy atom. The largest absolute Gasteiger partial charge is 0.0890 e. The monoisotopic (exact) mass is 228 g/mol. The standard InChI is InChI=1S/C10H9ClS2/c11-9-5-3-8(4-6-9)10-2-1-7-12-13-10/h1-6,10H,7H2. The van der Waals surface area contributed by atoms with Crippen molar-refractivity contribution in [3.8, 4) is 0 Å². The van der Waals surface area contributed by atoms with Crippen LogP contribution in [0.25, 0.3) is 0 Å². The molecule has 1 aliphatic rings. The van der Waals surface area contributed by atoms with Gasteiger partial charge < -0.3 is 0 Å². The van der Waals surface area contributed by atoms with Gasteiger partial charge in [-0.3, -0.25) is 0 Å². The van der Waals surface area contributed by atoms with Gasteiger partial charge in [0.15, 0.2) is 0 Å². The van der Waals surface area contributed by atoms with E-state index < -0.39 is 0 Å². The van der Waals surface area contributed by atoms with E-state index in [-0.39, 0.29) is 0 Å². The van der Waals surface area contributed by atoms with Crippen molar-refractivity contribution in [3.63, 3.8) is 0 Å². The highest BCUT2D eigenvalue weighted by atomic mass is 35.5. The highest BCUT2D eigenvalue weighted by Crippen LogP contribution is 2.42. The van der Waals surface area contributed by atoms with Crippen LogP contribution in [0.4, 0.5) is 0 Å². The van der Waals surface area contributed by atoms with E-state index in [1.165, 1.54) is 5.56 Å². The first-order valence-electron chi connectivity index (χ1n) is 4.06. The van der Waals surface area contributed by atoms with E-state index in [1.807, 2.05) is 33.7 Å². The van der Waals surface area contributed by atoms with Crippen LogP contribution < -0.4 is 0 Å². The number of hydrogen-bond donors (Lipinski definition) is 0. The van der Waals surface area contributed by atoms with Gasteiger partial charge in [-0.2, -0.15) is 0 Å². The van der Waals surface area contributed by atoms with Crippen LogP contribution in [0.1, 0.15) is 10.8 Å². The van der Waals surface area contributed by atoms with E-state index in [2.05, 4.69) is 24.3 Å². The van der Waals surface area contributed by atoms with Gasteiger partial charge in [0.2, 0.25) is 0 Å². The molecule has 0 spiro atoms. The molecular formula is C10H9ClS2. The molecular weight excluding hydrogens is 220 g/mol. The van der Waals surface area contributed by atoms with Gasteiger partial charge in [0, 0.05) is 10.8 Å². The minimum absolute atomic E-state index is 0.496. The number of hydrogen-bond acceptors (Lipinski definition) is 2. The van der Waals surface area contributed by atoms with E-state index in [1.54, 1.807) is 0 Å². The van der Waals surface area contributed by atoms with Gasteiger partial charge in [0.25, 0.3) is 0 Å². The zero-order valence-corrected chi connectivity index (χ0v) is 9.33. The third-order valence-electron chi connectivity index (χ3n) is 1.85. The summed E-state index contributed by atoms with van der Waals surface area (Å²) in [4.78, 5) is 0. The van der Waals surface area contributed by atoms with Crippen LogP contribution in [0, 0.1) is 0 Å². The van der Waals surface area contributed by atoms with Crippen molar-refractivity contribution in [1.82, 2.24) is 0 Å². The summed E-state index contributed by atoms with van der Waals surface area (Å²) in [6.45, 7) is 0. The number of rotatable bonds is 1. The summed E-state index contributed by atoms with van der Waals surface area (Å²) in [6.07, 6.45) is 4.48. The van der Waals surface area contributed by atoms with E-state index in [0.29, 0.717) is 5.25 Å². The summed E-state index contributed by atoms with van der Waals surface area (Å²) >= 11 is 5.82. The van der Waals surface area contributed by atoms with Crippen molar-refractivity contribution in [2.24, 2.45) is 0 Å². The van der Waals surface area contributed by atoms with E-state index >= 15 is 0 Å². The molecule has 0 saturated heterocycles. The molecule has 0 nitrogen and oxygen atoms in total. The van der Waals surface area contributed by atoms with Crippen LogP contribution in [0.2, 0.25) is 5.02 Å². The summed E-state index contributed by atoms with van der Waals surface area (Å²) in [6, 6.07) is 8.08. The predicted octanol–water partition coefficient (Wildman–Crippen LogP) is 4.33. The van der Waals surface area contributed by atoms with E-state index in [0.717, 1.165) is 10.8 Å². The van der Waals surface area contributed by atoms with Crippen LogP contribution in [0.3, 0.4) is 0 Å². The van der Waals surface area contributed by atoms with Crippen LogP contribution in [-0.4, -0.2) is 5.75 Å². The maximum absolute atomic E-state index is 5.82. The van der Waals surface area contributed by atoms with Crippen LogP contribution in [0.5, 0.6) is 0 Å². The fraction of sp³-hybridized carbons (Fsp3) is 0.200. The predicted molar refractivity (Wildman–Crippen MR) is 63.4 cm³/mol. The zero-order chi connectivity index (χ0) is 9.10. The molecule has 0 aliphatic carbocycles. The average molecular weight is 229 g/mol. The maximum Gasteiger partial charge on any atom is 0.0581 e. The fourth-order valence-electron chi connectivity index (χ4n) is 1.18. The second-order valence-electron chi connectivity index (χ2n) is 2.78. The number of halogens is 1. The lowest BCUT2D eigenvalue weighted by molar-refractivity contribution is 1.23. The molecule has 1 unspecified atom stereocenters. The molecule has 1 aliphatic heterocycles. The molecule has 0 saturated carbocycles. The van der Waals surface area contributed by atoms with E-state index in [9.17, 15) is 0 Å². The lowest BCUT2D eigenvalue weighted by Gasteiger charge is -2.15. The second kappa shape index (κ2) is 4.45. The smallest absolute Gasteiger partial charge is 0.0581 e. The Hall–Kier alpha value is -0.0500. The van der Waals surface area contributed by atoms with Gasteiger partial charge in [-0.15, -0.1) is 0 Å². The van der Waals surface area contributed by atoms with Crippen molar-refractivity contribution in [2.75, 3.05) is 5.75 Å². The molecule has 1 atom stereocenters. The first-order valence-corrected chi connectivity index (χ1v) is 6.83. The highest BCUT2D eigenvalue weighted by Gasteiger charge is 2.11. The minimum Gasteiger partial charge on any atom is -0.0890 e. The van der Waals surface area contributed by atoms with Gasteiger partial charge in [0.05, 0.1) is 5.25 Å². The SMILES string of the molecule is Clc1ccc(C2C=CCSS2)cc1. The lowest BCUT2D eigenvalue weighted by atomic mass is 10.1. The molecule has 0 aromatic heterocycles. The average Bonchev–Trinajstić information content (AvgIpc) is 2.20. The van der Waals surface area contributed by atoms with Gasteiger partial charge in [0.1, 0.15) is 0 Å². The molecule has 2 rings (SSSR count). The Morgan fingerprint density at radius 1 is 1.23 bits per heavy atom. The fourth-order valence-corrected chi connectivity index (χ4v) is 3.60. The minimum atomic E-state index is 0.496. The van der Waals surface area contributed by atoms with Crippen molar-refractivity contribution < 1.29 is 0 Å². The molecule has 13 heavy (non-hydrogen) atoms. The van der Waals surface area contributed by atoms with Crippen molar-refractivity contribution in [1.29, 1.82) is 0 Å². The molecule has 1 heterocycles. The van der Waals surface area contributed by atoms with Gasteiger partial charge in [-0.1, -0.05) is 57.5 Å². The molecule has 3 heteroatoms. The van der Waals surface area contributed by atoms with Crippen LogP contribution in [0.15, 0.2) is 36.4 Å². The summed E-state index contributed by atoms with van der Waals surface area (Å²) < 4.78 is 0. The Bertz CT molecular complexity index is 305. The third kappa shape index (κ3) is 2.46. The molecule has 68 valence electrons. The van der Waals surface area contributed by atoms with Crippen LogP contribution in [-0.2, 0) is 0 Å². The maximum atomic E-state index is 5.82. The first-order chi connectivity index (χ1) is 6.36. The Labute approximate surface area is 91.1 Å². The van der Waals surface area contributed by atoms with Gasteiger partial charge in [-0.05, 0) is 17.7 Å². The quantitative estimate of drug-likeness (QED) is 0.518. The highest BCUT2D eigenvalue weighted by molar-refractivity contribution is 8.76. The molecule has 1 aromatic rings. The normalized spacial score (nSPS) is 21.8. The molecule has 1 aromatic carbocycles. The summed E-state index contributed by atoms with van der Waals surface area (Å²) in [5, 5.41) is 1.30. The summed E-state index contributed by atoms with van der Waals surface area (Å²) in [5.41, 5.74) is 1.33. The van der Waals surface area contributed by atoms with Crippen molar-refractivity contribution in [3.05, 3.63) is 47.0 Å².